The molecule has 2 fully saturated rings. The summed E-state index contributed by atoms with van der Waals surface area (Å²) < 4.78 is 13.3. The highest BCUT2D eigenvalue weighted by Gasteiger charge is 2.30. The number of piperidine rings is 1. The molecule has 5 heteroatoms. The van der Waals surface area contributed by atoms with E-state index in [1.165, 1.54) is 11.6 Å². The third-order valence-corrected chi connectivity index (χ3v) is 5.33. The molecule has 0 bridgehead atoms. The zero-order chi connectivity index (χ0) is 17.8. The van der Waals surface area contributed by atoms with Gasteiger partial charge in [-0.3, -0.25) is 4.79 Å². The average molecular weight is 345 g/mol. The van der Waals surface area contributed by atoms with Crippen LogP contribution in [0.15, 0.2) is 24.4 Å². The van der Waals surface area contributed by atoms with Crippen molar-refractivity contribution in [2.75, 3.05) is 26.2 Å². The van der Waals surface area contributed by atoms with Crippen molar-refractivity contribution in [3.63, 3.8) is 0 Å². The molecular formula is C20H28FN3O. The normalized spacial score (nSPS) is 21.2. The van der Waals surface area contributed by atoms with Crippen molar-refractivity contribution < 1.29 is 9.18 Å². The number of aromatic nitrogens is 1. The van der Waals surface area contributed by atoms with E-state index in [0.29, 0.717) is 11.8 Å². The molecule has 2 N–H and O–H groups in total. The fraction of sp³-hybridized carbons (Fsp3) is 0.550. The summed E-state index contributed by atoms with van der Waals surface area (Å²) in [5, 5.41) is 4.37. The first-order chi connectivity index (χ1) is 12.2. The lowest BCUT2D eigenvalue weighted by Crippen LogP contribution is -2.41. The van der Waals surface area contributed by atoms with Gasteiger partial charge in [-0.25, -0.2) is 4.39 Å². The van der Waals surface area contributed by atoms with Gasteiger partial charge in [-0.05, 0) is 55.5 Å². The predicted octanol–water partition coefficient (Wildman–Crippen LogP) is 3.65. The molecule has 0 spiro atoms. The van der Waals surface area contributed by atoms with E-state index < -0.39 is 0 Å². The maximum atomic E-state index is 13.3. The zero-order valence-electron chi connectivity index (χ0n) is 15.1. The Hall–Kier alpha value is -1.88. The third-order valence-electron chi connectivity index (χ3n) is 5.33. The van der Waals surface area contributed by atoms with Crippen molar-refractivity contribution in [2.45, 2.75) is 39.0 Å². The highest BCUT2D eigenvalue weighted by atomic mass is 19.1. The van der Waals surface area contributed by atoms with Crippen LogP contribution in [-0.2, 0) is 4.79 Å². The Morgan fingerprint density at radius 2 is 1.96 bits per heavy atom. The Labute approximate surface area is 148 Å². The summed E-state index contributed by atoms with van der Waals surface area (Å²) >= 11 is 0. The number of likely N-dealkylation sites (tertiary alicyclic amines) is 1. The standard InChI is InChI=1S/C18H22FN3O.C2H6/c19-14-1-2-15-16(11-21-17(15)9-14)12-4-7-22(8-5-12)18(23)13-3-6-20-10-13;1-2/h1-2,9,11-13,20-21H,3-8,10H2;1-2H3. The SMILES string of the molecule is CC.O=C(C1CCNC1)N1CCC(c2c[nH]c3cc(F)ccc23)CC1. The second-order valence-corrected chi connectivity index (χ2v) is 6.72. The molecule has 0 aliphatic carbocycles. The Morgan fingerprint density at radius 1 is 1.20 bits per heavy atom. The van der Waals surface area contributed by atoms with Crippen LogP contribution < -0.4 is 5.32 Å². The van der Waals surface area contributed by atoms with Gasteiger partial charge in [0.2, 0.25) is 5.91 Å². The number of hydrogen-bond acceptors (Lipinski definition) is 2. The number of fused-ring (bicyclic) bond motifs is 1. The van der Waals surface area contributed by atoms with Gasteiger partial charge in [0.1, 0.15) is 5.82 Å². The van der Waals surface area contributed by atoms with Crippen molar-refractivity contribution in [3.05, 3.63) is 35.8 Å². The first-order valence-corrected chi connectivity index (χ1v) is 9.48. The first-order valence-electron chi connectivity index (χ1n) is 9.48. The summed E-state index contributed by atoms with van der Waals surface area (Å²) in [5.74, 6) is 0.716. The number of rotatable bonds is 2. The fourth-order valence-electron chi connectivity index (χ4n) is 3.99. The Morgan fingerprint density at radius 3 is 2.64 bits per heavy atom. The van der Waals surface area contributed by atoms with E-state index in [0.717, 1.165) is 56.3 Å². The monoisotopic (exact) mass is 345 g/mol. The van der Waals surface area contributed by atoms with Gasteiger partial charge in [0.25, 0.3) is 0 Å². The molecule has 0 radical (unpaired) electrons. The van der Waals surface area contributed by atoms with Gasteiger partial charge in [0.15, 0.2) is 0 Å². The van der Waals surface area contributed by atoms with Crippen molar-refractivity contribution >= 4 is 16.8 Å². The number of hydrogen-bond donors (Lipinski definition) is 2. The van der Waals surface area contributed by atoms with Crippen molar-refractivity contribution in [2.24, 2.45) is 5.92 Å². The lowest BCUT2D eigenvalue weighted by Gasteiger charge is -2.33. The summed E-state index contributed by atoms with van der Waals surface area (Å²) in [5.41, 5.74) is 2.12. The first kappa shape index (κ1) is 17.9. The summed E-state index contributed by atoms with van der Waals surface area (Å²) in [6, 6.07) is 4.92. The van der Waals surface area contributed by atoms with Crippen LogP contribution in [0.1, 0.15) is 44.6 Å². The van der Waals surface area contributed by atoms with Crippen molar-refractivity contribution in [1.29, 1.82) is 0 Å². The molecule has 1 atom stereocenters. The molecule has 0 saturated carbocycles. The lowest BCUT2D eigenvalue weighted by molar-refractivity contribution is -0.135. The molecule has 2 aliphatic heterocycles. The van der Waals surface area contributed by atoms with E-state index in [9.17, 15) is 9.18 Å². The molecule has 3 heterocycles. The second-order valence-electron chi connectivity index (χ2n) is 6.72. The van der Waals surface area contributed by atoms with Crippen molar-refractivity contribution in [3.8, 4) is 0 Å². The number of carbonyl (C=O) groups excluding carboxylic acids is 1. The van der Waals surface area contributed by atoms with E-state index in [4.69, 9.17) is 0 Å². The number of amides is 1. The predicted molar refractivity (Wildman–Crippen MR) is 99.1 cm³/mol. The summed E-state index contributed by atoms with van der Waals surface area (Å²) in [6.45, 7) is 7.44. The highest BCUT2D eigenvalue weighted by molar-refractivity contribution is 5.84. The van der Waals surface area contributed by atoms with E-state index in [1.54, 1.807) is 6.07 Å². The zero-order valence-corrected chi connectivity index (χ0v) is 15.1. The third kappa shape index (κ3) is 3.71. The summed E-state index contributed by atoms with van der Waals surface area (Å²) in [4.78, 5) is 17.7. The van der Waals surface area contributed by atoms with Gasteiger partial charge < -0.3 is 15.2 Å². The molecule has 136 valence electrons. The van der Waals surface area contributed by atoms with Gasteiger partial charge in [0, 0.05) is 36.7 Å². The Kier molecular flexibility index (Phi) is 5.74. The Balaban J connectivity index is 0.000000880. The van der Waals surface area contributed by atoms with Crippen LogP contribution in [-0.4, -0.2) is 42.0 Å². The summed E-state index contributed by atoms with van der Waals surface area (Å²) in [7, 11) is 0. The number of aromatic amines is 1. The number of carbonyl (C=O) groups is 1. The smallest absolute Gasteiger partial charge is 0.227 e. The maximum absolute atomic E-state index is 13.3. The highest BCUT2D eigenvalue weighted by Crippen LogP contribution is 2.33. The second kappa shape index (κ2) is 8.00. The molecule has 1 aromatic carbocycles. The molecule has 2 aromatic rings. The molecule has 4 nitrogen and oxygen atoms in total. The van der Waals surface area contributed by atoms with Crippen molar-refractivity contribution in [1.82, 2.24) is 15.2 Å². The molecule has 4 rings (SSSR count). The van der Waals surface area contributed by atoms with Gasteiger partial charge >= 0.3 is 0 Å². The van der Waals surface area contributed by atoms with Crippen LogP contribution in [0, 0.1) is 11.7 Å². The number of benzene rings is 1. The van der Waals surface area contributed by atoms with Crippen LogP contribution in [0.5, 0.6) is 0 Å². The van der Waals surface area contributed by atoms with Crippen LogP contribution in [0.25, 0.3) is 10.9 Å². The molecule has 25 heavy (non-hydrogen) atoms. The van der Waals surface area contributed by atoms with Crippen LogP contribution in [0.2, 0.25) is 0 Å². The summed E-state index contributed by atoms with van der Waals surface area (Å²) in [6.07, 6.45) is 4.94. The minimum absolute atomic E-state index is 0.169. The largest absolute Gasteiger partial charge is 0.361 e. The maximum Gasteiger partial charge on any atom is 0.227 e. The Bertz CT molecular complexity index is 713. The van der Waals surface area contributed by atoms with Crippen LogP contribution in [0.3, 0.4) is 0 Å². The number of H-pyrrole nitrogens is 1. The number of nitrogens with zero attached hydrogens (tertiary/aromatic N) is 1. The molecule has 1 amide bonds. The minimum atomic E-state index is -0.212. The topological polar surface area (TPSA) is 48.1 Å². The van der Waals surface area contributed by atoms with Gasteiger partial charge in [-0.2, -0.15) is 0 Å². The lowest BCUT2D eigenvalue weighted by atomic mass is 9.88. The van der Waals surface area contributed by atoms with Gasteiger partial charge in [0.05, 0.1) is 5.92 Å². The van der Waals surface area contributed by atoms with E-state index >= 15 is 0 Å². The quantitative estimate of drug-likeness (QED) is 0.873. The van der Waals surface area contributed by atoms with Crippen LogP contribution in [0.4, 0.5) is 4.39 Å². The minimum Gasteiger partial charge on any atom is -0.361 e. The van der Waals surface area contributed by atoms with E-state index in [1.807, 2.05) is 31.0 Å². The molecule has 1 aromatic heterocycles. The molecule has 2 aliphatic rings. The number of nitrogens with one attached hydrogen (secondary N) is 2. The van der Waals surface area contributed by atoms with Crippen LogP contribution >= 0.6 is 0 Å². The molecular weight excluding hydrogens is 317 g/mol. The molecule has 2 saturated heterocycles. The van der Waals surface area contributed by atoms with E-state index in [2.05, 4.69) is 10.3 Å². The van der Waals surface area contributed by atoms with Gasteiger partial charge in [-0.15, -0.1) is 0 Å². The molecule has 1 unspecified atom stereocenters. The number of halogens is 1. The average Bonchev–Trinajstić information content (AvgIpc) is 3.32. The fourth-order valence-corrected chi connectivity index (χ4v) is 3.99. The van der Waals surface area contributed by atoms with E-state index in [-0.39, 0.29) is 11.7 Å². The van der Waals surface area contributed by atoms with Gasteiger partial charge in [-0.1, -0.05) is 13.8 Å².